The molecule has 18 heavy (non-hydrogen) atoms. The van der Waals surface area contributed by atoms with Crippen LogP contribution >= 0.6 is 0 Å². The first-order valence-corrected chi connectivity index (χ1v) is 5.43. The van der Waals surface area contributed by atoms with E-state index >= 15 is 0 Å². The number of aromatic nitrogens is 1. The molecule has 8 nitrogen and oxygen atoms in total. The van der Waals surface area contributed by atoms with Crippen molar-refractivity contribution in [2.75, 3.05) is 17.6 Å². The Hall–Kier alpha value is -2.38. The molecule has 8 heteroatoms. The van der Waals surface area contributed by atoms with Gasteiger partial charge in [0.05, 0.1) is 17.1 Å². The van der Waals surface area contributed by atoms with Crippen molar-refractivity contribution in [3.05, 3.63) is 22.2 Å². The molecule has 5 N–H and O–H groups in total. The van der Waals surface area contributed by atoms with E-state index in [9.17, 15) is 14.9 Å². The highest BCUT2D eigenvalue weighted by atomic mass is 16.6. The summed E-state index contributed by atoms with van der Waals surface area (Å²) in [7, 11) is 0. The summed E-state index contributed by atoms with van der Waals surface area (Å²) in [5, 5.41) is 13.5. The molecule has 0 saturated heterocycles. The highest BCUT2D eigenvalue weighted by Gasteiger charge is 2.09. The average Bonchev–Trinajstić information content (AvgIpc) is 2.27. The molecule has 98 valence electrons. The predicted molar refractivity (Wildman–Crippen MR) is 66.8 cm³/mol. The van der Waals surface area contributed by atoms with E-state index in [1.807, 2.05) is 0 Å². The quantitative estimate of drug-likeness (QED) is 0.370. The summed E-state index contributed by atoms with van der Waals surface area (Å²) in [5.41, 5.74) is 10.3. The van der Waals surface area contributed by atoms with Crippen molar-refractivity contribution in [2.45, 2.75) is 19.3 Å². The van der Waals surface area contributed by atoms with E-state index in [0.717, 1.165) is 0 Å². The Morgan fingerprint density at radius 1 is 1.44 bits per heavy atom. The zero-order chi connectivity index (χ0) is 13.5. The van der Waals surface area contributed by atoms with E-state index < -0.39 is 4.92 Å². The van der Waals surface area contributed by atoms with Crippen LogP contribution in [0.3, 0.4) is 0 Å². The molecule has 1 rings (SSSR count). The Kier molecular flexibility index (Phi) is 4.85. The molecule has 1 aromatic heterocycles. The predicted octanol–water partition coefficient (Wildman–Crippen LogP) is 0.639. The van der Waals surface area contributed by atoms with Gasteiger partial charge in [0, 0.05) is 13.0 Å². The van der Waals surface area contributed by atoms with Crippen molar-refractivity contribution in [3.63, 3.8) is 0 Å². The van der Waals surface area contributed by atoms with Gasteiger partial charge in [0.25, 0.3) is 5.69 Å². The monoisotopic (exact) mass is 253 g/mol. The van der Waals surface area contributed by atoms with Crippen LogP contribution in [0.5, 0.6) is 0 Å². The van der Waals surface area contributed by atoms with Gasteiger partial charge in [0.2, 0.25) is 5.91 Å². The van der Waals surface area contributed by atoms with Gasteiger partial charge in [0.15, 0.2) is 0 Å². The maximum Gasteiger partial charge on any atom is 0.276 e. The van der Waals surface area contributed by atoms with Crippen molar-refractivity contribution in [3.8, 4) is 0 Å². The van der Waals surface area contributed by atoms with Crippen LogP contribution in [-0.4, -0.2) is 22.4 Å². The fourth-order valence-corrected chi connectivity index (χ4v) is 1.37. The number of hydrogen-bond donors (Lipinski definition) is 3. The summed E-state index contributed by atoms with van der Waals surface area (Å²) in [5.74, 6) is 0.0947. The lowest BCUT2D eigenvalue weighted by Gasteiger charge is -2.05. The van der Waals surface area contributed by atoms with Gasteiger partial charge in [-0.05, 0) is 12.8 Å². The number of nitrogens with zero attached hydrogens (tertiary/aromatic N) is 2. The van der Waals surface area contributed by atoms with Crippen LogP contribution in [-0.2, 0) is 4.79 Å². The third kappa shape index (κ3) is 4.64. The van der Waals surface area contributed by atoms with E-state index in [0.29, 0.717) is 31.6 Å². The zero-order valence-corrected chi connectivity index (χ0v) is 9.76. The van der Waals surface area contributed by atoms with Gasteiger partial charge in [-0.1, -0.05) is 0 Å². The number of carbonyl (C=O) groups excluding carboxylic acids is 1. The first-order valence-electron chi connectivity index (χ1n) is 5.43. The number of amides is 1. The van der Waals surface area contributed by atoms with Crippen molar-refractivity contribution in [1.82, 2.24) is 4.98 Å². The minimum absolute atomic E-state index is 0.0869. The number of nitro groups is 1. The highest BCUT2D eigenvalue weighted by Crippen LogP contribution is 2.18. The number of primary amides is 1. The SMILES string of the molecule is NC(=O)CCCCNc1cc([N+](=O)[O-])cc(N)n1. The Balaban J connectivity index is 2.47. The Bertz CT molecular complexity index is 449. The molecule has 0 aromatic carbocycles. The van der Waals surface area contributed by atoms with Gasteiger partial charge >= 0.3 is 0 Å². The molecule has 0 aliphatic heterocycles. The van der Waals surface area contributed by atoms with Gasteiger partial charge in [-0.2, -0.15) is 0 Å². The molecule has 0 bridgehead atoms. The molecule has 1 aromatic rings. The summed E-state index contributed by atoms with van der Waals surface area (Å²) < 4.78 is 0. The first kappa shape index (κ1) is 13.7. The lowest BCUT2D eigenvalue weighted by atomic mass is 10.2. The van der Waals surface area contributed by atoms with Crippen LogP contribution in [0.2, 0.25) is 0 Å². The first-order chi connectivity index (χ1) is 8.49. The topological polar surface area (TPSA) is 137 Å². The summed E-state index contributed by atoms with van der Waals surface area (Å²) in [6.07, 6.45) is 1.70. The second-order valence-electron chi connectivity index (χ2n) is 3.74. The number of nitrogens with one attached hydrogen (secondary N) is 1. The number of rotatable bonds is 7. The van der Waals surface area contributed by atoms with Crippen LogP contribution in [0.4, 0.5) is 17.3 Å². The minimum atomic E-state index is -0.531. The van der Waals surface area contributed by atoms with E-state index in [1.165, 1.54) is 12.1 Å². The Morgan fingerprint density at radius 2 is 2.17 bits per heavy atom. The second-order valence-corrected chi connectivity index (χ2v) is 3.74. The van der Waals surface area contributed by atoms with E-state index in [-0.39, 0.29) is 17.4 Å². The molecule has 0 unspecified atom stereocenters. The van der Waals surface area contributed by atoms with Gasteiger partial charge in [0.1, 0.15) is 11.6 Å². The molecule has 0 atom stereocenters. The summed E-state index contributed by atoms with van der Waals surface area (Å²) in [4.78, 5) is 24.5. The number of carbonyl (C=O) groups is 1. The molecule has 0 spiro atoms. The number of nitrogens with two attached hydrogens (primary N) is 2. The number of pyridine rings is 1. The summed E-state index contributed by atoms with van der Waals surface area (Å²) in [6.45, 7) is 0.543. The average molecular weight is 253 g/mol. The molecular weight excluding hydrogens is 238 g/mol. The van der Waals surface area contributed by atoms with Crippen LogP contribution in [0, 0.1) is 10.1 Å². The van der Waals surface area contributed by atoms with Gasteiger partial charge in [-0.25, -0.2) is 4.98 Å². The largest absolute Gasteiger partial charge is 0.383 e. The molecule has 0 radical (unpaired) electrons. The number of hydrogen-bond acceptors (Lipinski definition) is 6. The molecule has 0 saturated carbocycles. The zero-order valence-electron chi connectivity index (χ0n) is 9.76. The molecular formula is C10H15N5O3. The molecule has 0 fully saturated rings. The fraction of sp³-hybridized carbons (Fsp3) is 0.400. The van der Waals surface area contributed by atoms with Gasteiger partial charge < -0.3 is 16.8 Å². The third-order valence-electron chi connectivity index (χ3n) is 2.20. The molecule has 0 aliphatic carbocycles. The van der Waals surface area contributed by atoms with Crippen LogP contribution in [0.1, 0.15) is 19.3 Å². The van der Waals surface area contributed by atoms with Crippen LogP contribution in [0.25, 0.3) is 0 Å². The van der Waals surface area contributed by atoms with Crippen molar-refractivity contribution >= 4 is 23.2 Å². The van der Waals surface area contributed by atoms with E-state index in [2.05, 4.69) is 10.3 Å². The van der Waals surface area contributed by atoms with E-state index in [1.54, 1.807) is 0 Å². The molecule has 1 heterocycles. The standard InChI is InChI=1S/C10H15N5O3/c11-8-5-7(15(17)18)6-10(14-8)13-4-2-1-3-9(12)16/h5-6H,1-4H2,(H2,12,16)(H3,11,13,14). The lowest BCUT2D eigenvalue weighted by molar-refractivity contribution is -0.384. The van der Waals surface area contributed by atoms with Gasteiger partial charge in [-0.3, -0.25) is 14.9 Å². The van der Waals surface area contributed by atoms with Crippen LogP contribution < -0.4 is 16.8 Å². The Labute approximate surface area is 104 Å². The maximum absolute atomic E-state index is 10.6. The van der Waals surface area contributed by atoms with E-state index in [4.69, 9.17) is 11.5 Å². The third-order valence-corrected chi connectivity index (χ3v) is 2.20. The van der Waals surface area contributed by atoms with Crippen molar-refractivity contribution in [2.24, 2.45) is 5.73 Å². The lowest BCUT2D eigenvalue weighted by Crippen LogP contribution is -2.11. The van der Waals surface area contributed by atoms with Crippen LogP contribution in [0.15, 0.2) is 12.1 Å². The fourth-order valence-electron chi connectivity index (χ4n) is 1.37. The summed E-state index contributed by atoms with van der Waals surface area (Å²) in [6, 6.07) is 2.50. The van der Waals surface area contributed by atoms with Crippen molar-refractivity contribution in [1.29, 1.82) is 0 Å². The number of unbranched alkanes of at least 4 members (excludes halogenated alkanes) is 1. The Morgan fingerprint density at radius 3 is 2.78 bits per heavy atom. The van der Waals surface area contributed by atoms with Gasteiger partial charge in [-0.15, -0.1) is 0 Å². The number of anilines is 2. The molecule has 0 aliphatic rings. The number of nitrogen functional groups attached to an aromatic ring is 1. The normalized spacial score (nSPS) is 10.0. The minimum Gasteiger partial charge on any atom is -0.383 e. The molecule has 1 amide bonds. The smallest absolute Gasteiger partial charge is 0.276 e. The second kappa shape index (κ2) is 6.38. The maximum atomic E-state index is 10.6. The highest BCUT2D eigenvalue weighted by molar-refractivity contribution is 5.73. The summed E-state index contributed by atoms with van der Waals surface area (Å²) >= 11 is 0. The van der Waals surface area contributed by atoms with Crippen molar-refractivity contribution < 1.29 is 9.72 Å².